The van der Waals surface area contributed by atoms with Crippen LogP contribution in [0.2, 0.25) is 0 Å². The van der Waals surface area contributed by atoms with Gasteiger partial charge in [0.05, 0.1) is 11.2 Å². The maximum absolute atomic E-state index is 13.0. The molecular formula is C21H16FN5O. The molecule has 4 aromatic rings. The first-order chi connectivity index (χ1) is 13.7. The number of benzene rings is 2. The smallest absolute Gasteiger partial charge is 0.274 e. The summed E-state index contributed by atoms with van der Waals surface area (Å²) in [6.07, 6.45) is 3.00. The Morgan fingerprint density at radius 1 is 0.964 bits per heavy atom. The van der Waals surface area contributed by atoms with Gasteiger partial charge in [-0.25, -0.2) is 14.4 Å². The van der Waals surface area contributed by atoms with E-state index in [1.807, 2.05) is 24.3 Å². The SMILES string of the molecule is O=C(Nc1cccc2cccnc12)c1cc(NCc2ccc(F)cc2)ncn1. The molecular weight excluding hydrogens is 357 g/mol. The second-order valence-electron chi connectivity index (χ2n) is 6.10. The number of amides is 1. The molecule has 1 amide bonds. The third-order valence-corrected chi connectivity index (χ3v) is 4.17. The highest BCUT2D eigenvalue weighted by Gasteiger charge is 2.11. The Labute approximate surface area is 160 Å². The third-order valence-electron chi connectivity index (χ3n) is 4.17. The predicted molar refractivity (Wildman–Crippen MR) is 105 cm³/mol. The number of halogens is 1. The van der Waals surface area contributed by atoms with Gasteiger partial charge < -0.3 is 10.6 Å². The second-order valence-corrected chi connectivity index (χ2v) is 6.10. The van der Waals surface area contributed by atoms with Crippen LogP contribution in [0.3, 0.4) is 0 Å². The van der Waals surface area contributed by atoms with Crippen LogP contribution in [0.5, 0.6) is 0 Å². The number of nitrogens with one attached hydrogen (secondary N) is 2. The number of rotatable bonds is 5. The third kappa shape index (κ3) is 3.93. The van der Waals surface area contributed by atoms with Gasteiger partial charge in [0, 0.05) is 24.2 Å². The van der Waals surface area contributed by atoms with Crippen LogP contribution in [0.15, 0.2) is 73.2 Å². The lowest BCUT2D eigenvalue weighted by atomic mass is 10.2. The van der Waals surface area contributed by atoms with E-state index >= 15 is 0 Å². The summed E-state index contributed by atoms with van der Waals surface area (Å²) in [7, 11) is 0. The van der Waals surface area contributed by atoms with E-state index < -0.39 is 0 Å². The topological polar surface area (TPSA) is 79.8 Å². The van der Waals surface area contributed by atoms with Crippen LogP contribution >= 0.6 is 0 Å². The number of nitrogens with zero attached hydrogens (tertiary/aromatic N) is 3. The van der Waals surface area contributed by atoms with Gasteiger partial charge in [0.1, 0.15) is 23.7 Å². The Morgan fingerprint density at radius 2 is 1.79 bits per heavy atom. The average molecular weight is 373 g/mol. The first-order valence-electron chi connectivity index (χ1n) is 8.64. The van der Waals surface area contributed by atoms with Gasteiger partial charge in [0.25, 0.3) is 5.91 Å². The lowest BCUT2D eigenvalue weighted by molar-refractivity contribution is 0.102. The van der Waals surface area contributed by atoms with Crippen molar-refractivity contribution < 1.29 is 9.18 Å². The molecule has 2 N–H and O–H groups in total. The fourth-order valence-corrected chi connectivity index (χ4v) is 2.76. The van der Waals surface area contributed by atoms with Crippen molar-refractivity contribution in [2.75, 3.05) is 10.6 Å². The molecule has 0 atom stereocenters. The zero-order valence-electron chi connectivity index (χ0n) is 14.8. The molecule has 2 heterocycles. The lowest BCUT2D eigenvalue weighted by Gasteiger charge is -2.09. The molecule has 28 heavy (non-hydrogen) atoms. The van der Waals surface area contributed by atoms with Gasteiger partial charge in [0.15, 0.2) is 0 Å². The first-order valence-corrected chi connectivity index (χ1v) is 8.64. The summed E-state index contributed by atoms with van der Waals surface area (Å²) in [5.74, 6) is -0.140. The molecule has 2 aromatic heterocycles. The van der Waals surface area contributed by atoms with Crippen molar-refractivity contribution in [1.29, 1.82) is 0 Å². The number of fused-ring (bicyclic) bond motifs is 1. The Bertz CT molecular complexity index is 1130. The summed E-state index contributed by atoms with van der Waals surface area (Å²) in [5, 5.41) is 6.89. The highest BCUT2D eigenvalue weighted by Crippen LogP contribution is 2.21. The maximum Gasteiger partial charge on any atom is 0.274 e. The van der Waals surface area contributed by atoms with Crippen LogP contribution in [0, 0.1) is 5.82 Å². The Kier molecular flexibility index (Phi) is 4.88. The lowest BCUT2D eigenvalue weighted by Crippen LogP contribution is -2.15. The number of hydrogen-bond donors (Lipinski definition) is 2. The molecule has 138 valence electrons. The molecule has 0 saturated carbocycles. The van der Waals surface area contributed by atoms with Crippen molar-refractivity contribution in [2.24, 2.45) is 0 Å². The van der Waals surface area contributed by atoms with Crippen LogP contribution in [0.25, 0.3) is 10.9 Å². The minimum Gasteiger partial charge on any atom is -0.366 e. The number of carbonyl (C=O) groups is 1. The maximum atomic E-state index is 13.0. The number of para-hydroxylation sites is 1. The van der Waals surface area contributed by atoms with Gasteiger partial charge in [-0.3, -0.25) is 9.78 Å². The second kappa shape index (κ2) is 7.79. The van der Waals surface area contributed by atoms with E-state index in [0.717, 1.165) is 10.9 Å². The van der Waals surface area contributed by atoms with E-state index in [2.05, 4.69) is 25.6 Å². The van der Waals surface area contributed by atoms with Gasteiger partial charge in [-0.05, 0) is 29.8 Å². The highest BCUT2D eigenvalue weighted by atomic mass is 19.1. The standard InChI is InChI=1S/C21H16FN5O/c22-16-8-6-14(7-9-16)12-24-19-11-18(25-13-26-19)21(28)27-17-5-1-3-15-4-2-10-23-20(15)17/h1-11,13H,12H2,(H,27,28)(H,24,25,26). The van der Waals surface area contributed by atoms with Crippen molar-refractivity contribution in [3.8, 4) is 0 Å². The molecule has 0 spiro atoms. The number of aromatic nitrogens is 3. The van der Waals surface area contributed by atoms with E-state index in [4.69, 9.17) is 0 Å². The normalized spacial score (nSPS) is 10.6. The molecule has 0 aliphatic rings. The summed E-state index contributed by atoms with van der Waals surface area (Å²) < 4.78 is 13.0. The van der Waals surface area contributed by atoms with Crippen LogP contribution in [0.4, 0.5) is 15.9 Å². The summed E-state index contributed by atoms with van der Waals surface area (Å²) in [4.78, 5) is 25.1. The molecule has 0 aliphatic heterocycles. The Hall–Kier alpha value is -3.87. The summed E-state index contributed by atoms with van der Waals surface area (Å²) in [5.41, 5.74) is 2.45. The van der Waals surface area contributed by atoms with E-state index in [0.29, 0.717) is 23.6 Å². The first kappa shape index (κ1) is 17.5. The molecule has 7 heteroatoms. The van der Waals surface area contributed by atoms with Crippen LogP contribution in [-0.4, -0.2) is 20.9 Å². The number of pyridine rings is 1. The molecule has 0 bridgehead atoms. The zero-order chi connectivity index (χ0) is 19.3. The molecule has 0 saturated heterocycles. The van der Waals surface area contributed by atoms with Crippen molar-refractivity contribution in [3.05, 3.63) is 90.3 Å². The molecule has 0 radical (unpaired) electrons. The van der Waals surface area contributed by atoms with E-state index in [-0.39, 0.29) is 17.4 Å². The van der Waals surface area contributed by atoms with E-state index in [9.17, 15) is 9.18 Å². The van der Waals surface area contributed by atoms with Crippen LogP contribution in [0.1, 0.15) is 16.1 Å². The molecule has 0 fully saturated rings. The number of anilines is 2. The highest BCUT2D eigenvalue weighted by molar-refractivity contribution is 6.07. The van der Waals surface area contributed by atoms with Gasteiger partial charge in [-0.2, -0.15) is 0 Å². The van der Waals surface area contributed by atoms with Gasteiger partial charge in [-0.1, -0.05) is 30.3 Å². The van der Waals surface area contributed by atoms with Gasteiger partial charge in [-0.15, -0.1) is 0 Å². The Morgan fingerprint density at radius 3 is 2.64 bits per heavy atom. The van der Waals surface area contributed by atoms with Crippen molar-refractivity contribution in [2.45, 2.75) is 6.54 Å². The van der Waals surface area contributed by atoms with Crippen LogP contribution in [-0.2, 0) is 6.54 Å². The summed E-state index contributed by atoms with van der Waals surface area (Å²) in [6, 6.07) is 17.1. The summed E-state index contributed by atoms with van der Waals surface area (Å²) >= 11 is 0. The van der Waals surface area contributed by atoms with E-state index in [1.165, 1.54) is 18.5 Å². The van der Waals surface area contributed by atoms with Gasteiger partial charge in [0.2, 0.25) is 0 Å². The minimum atomic E-state index is -0.356. The van der Waals surface area contributed by atoms with Crippen molar-refractivity contribution in [3.63, 3.8) is 0 Å². The van der Waals surface area contributed by atoms with Crippen molar-refractivity contribution >= 4 is 28.3 Å². The van der Waals surface area contributed by atoms with Gasteiger partial charge >= 0.3 is 0 Å². The quantitative estimate of drug-likeness (QED) is 0.552. The minimum absolute atomic E-state index is 0.226. The molecule has 4 rings (SSSR count). The molecule has 0 unspecified atom stereocenters. The average Bonchev–Trinajstić information content (AvgIpc) is 2.74. The van der Waals surface area contributed by atoms with Crippen molar-refractivity contribution in [1.82, 2.24) is 15.0 Å². The zero-order valence-corrected chi connectivity index (χ0v) is 14.8. The molecule has 6 nitrogen and oxygen atoms in total. The van der Waals surface area contributed by atoms with Crippen LogP contribution < -0.4 is 10.6 Å². The fraction of sp³-hybridized carbons (Fsp3) is 0.0476. The number of carbonyl (C=O) groups excluding carboxylic acids is 1. The largest absolute Gasteiger partial charge is 0.366 e. The molecule has 2 aromatic carbocycles. The monoisotopic (exact) mass is 373 g/mol. The molecule has 0 aliphatic carbocycles. The van der Waals surface area contributed by atoms with E-state index in [1.54, 1.807) is 30.5 Å². The fourth-order valence-electron chi connectivity index (χ4n) is 2.76. The number of hydrogen-bond acceptors (Lipinski definition) is 5. The Balaban J connectivity index is 1.48. The summed E-state index contributed by atoms with van der Waals surface area (Å²) in [6.45, 7) is 0.450. The predicted octanol–water partition coefficient (Wildman–Crippen LogP) is 4.03.